The fourth-order valence-corrected chi connectivity index (χ4v) is 4.63. The second-order valence-corrected chi connectivity index (χ2v) is 11.0. The first kappa shape index (κ1) is 33.9. The van der Waals surface area contributed by atoms with E-state index in [0.29, 0.717) is 32.4 Å². The average molecular weight is 551 g/mol. The van der Waals surface area contributed by atoms with Crippen molar-refractivity contribution in [1.82, 2.24) is 10.2 Å². The van der Waals surface area contributed by atoms with Crippen LogP contribution >= 0.6 is 12.4 Å². The van der Waals surface area contributed by atoms with Gasteiger partial charge >= 0.3 is 6.09 Å². The molecule has 2 aromatic rings. The topological polar surface area (TPSA) is 102 Å². The van der Waals surface area contributed by atoms with E-state index in [1.165, 1.54) is 5.56 Å². The van der Waals surface area contributed by atoms with E-state index >= 15 is 0 Å². The van der Waals surface area contributed by atoms with Crippen LogP contribution in [-0.4, -0.2) is 76.4 Å². The lowest BCUT2D eigenvalue weighted by molar-refractivity contribution is -0.0315. The molecule has 0 radical (unpaired) electrons. The van der Waals surface area contributed by atoms with Gasteiger partial charge < -0.3 is 30.3 Å². The highest BCUT2D eigenvalue weighted by Gasteiger charge is 2.35. The number of carbonyl (C=O) groups excluding carboxylic acids is 1. The molecule has 214 valence electrons. The van der Waals surface area contributed by atoms with Gasteiger partial charge in [-0.1, -0.05) is 60.7 Å². The lowest BCUT2D eigenvalue weighted by atomic mass is 9.85. The van der Waals surface area contributed by atoms with Crippen LogP contribution in [0, 0.1) is 0 Å². The number of amides is 1. The summed E-state index contributed by atoms with van der Waals surface area (Å²) >= 11 is 0. The molecule has 0 atom stereocenters. The summed E-state index contributed by atoms with van der Waals surface area (Å²) < 4.78 is 5.37. The fourth-order valence-electron chi connectivity index (χ4n) is 4.63. The molecule has 4 N–H and O–H groups in total. The summed E-state index contributed by atoms with van der Waals surface area (Å²) in [6.45, 7) is 8.53. The molecule has 2 aromatic carbocycles. The minimum Gasteiger partial charge on any atom is -0.444 e. The molecule has 8 heteroatoms. The van der Waals surface area contributed by atoms with Gasteiger partial charge in [-0.2, -0.15) is 0 Å². The molecular formula is C30H47ClN2O5. The Kier molecular flexibility index (Phi) is 14.3. The zero-order valence-corrected chi connectivity index (χ0v) is 24.2. The van der Waals surface area contributed by atoms with Gasteiger partial charge in [-0.15, -0.1) is 12.4 Å². The molecule has 0 spiro atoms. The minimum absolute atomic E-state index is 0. The van der Waals surface area contributed by atoms with Gasteiger partial charge in [0.2, 0.25) is 0 Å². The van der Waals surface area contributed by atoms with Gasteiger partial charge in [-0.05, 0) is 70.7 Å². The number of carbonyl (C=O) groups is 1. The number of hydrogen-bond acceptors (Lipinski definition) is 6. The average Bonchev–Trinajstić information content (AvgIpc) is 2.86. The number of benzene rings is 2. The standard InChI is InChI=1S/C17H25NO3.C12H17NO.CH4O.ClH/c1-16(2,3)21-15(19)18-11-9-17(20,10-12-18)13-14-7-5-4-6-8-14;14-12(6-8-13-9-7-12)10-11-4-2-1-3-5-11;1-2;/h4-8,20H,9-13H2,1-3H3;1-5,13-14H,6-10H2;2H,1H3;1H. The first-order chi connectivity index (χ1) is 17.6. The van der Waals surface area contributed by atoms with Crippen LogP contribution in [0.15, 0.2) is 60.7 Å². The number of hydrogen-bond donors (Lipinski definition) is 4. The molecule has 2 saturated heterocycles. The van der Waals surface area contributed by atoms with E-state index in [0.717, 1.165) is 45.0 Å². The van der Waals surface area contributed by atoms with Crippen molar-refractivity contribution in [3.05, 3.63) is 71.8 Å². The maximum atomic E-state index is 12.0. The van der Waals surface area contributed by atoms with E-state index < -0.39 is 16.8 Å². The molecule has 0 aromatic heterocycles. The number of aliphatic hydroxyl groups is 3. The first-order valence-electron chi connectivity index (χ1n) is 13.2. The number of halogens is 1. The van der Waals surface area contributed by atoms with Gasteiger partial charge in [0.05, 0.1) is 11.2 Å². The molecule has 1 amide bonds. The van der Waals surface area contributed by atoms with Crippen LogP contribution in [-0.2, 0) is 17.6 Å². The highest BCUT2D eigenvalue weighted by atomic mass is 35.5. The van der Waals surface area contributed by atoms with Gasteiger partial charge in [0, 0.05) is 33.0 Å². The van der Waals surface area contributed by atoms with Crippen molar-refractivity contribution in [2.75, 3.05) is 33.3 Å². The second kappa shape index (κ2) is 16.1. The van der Waals surface area contributed by atoms with Crippen LogP contribution < -0.4 is 5.32 Å². The summed E-state index contributed by atoms with van der Waals surface area (Å²) in [6, 6.07) is 20.2. The minimum atomic E-state index is -0.722. The molecule has 7 nitrogen and oxygen atoms in total. The fraction of sp³-hybridized carbons (Fsp3) is 0.567. The van der Waals surface area contributed by atoms with Crippen molar-refractivity contribution in [3.8, 4) is 0 Å². The predicted octanol–water partition coefficient (Wildman–Crippen LogP) is 4.37. The molecule has 0 bridgehead atoms. The van der Waals surface area contributed by atoms with Crippen LogP contribution in [0.4, 0.5) is 4.79 Å². The van der Waals surface area contributed by atoms with Gasteiger partial charge in [0.15, 0.2) is 0 Å². The smallest absolute Gasteiger partial charge is 0.410 e. The van der Waals surface area contributed by atoms with Crippen LogP contribution in [0.3, 0.4) is 0 Å². The van der Waals surface area contributed by atoms with Crippen LogP contribution in [0.25, 0.3) is 0 Å². The van der Waals surface area contributed by atoms with E-state index in [9.17, 15) is 15.0 Å². The first-order valence-corrected chi connectivity index (χ1v) is 13.2. The SMILES string of the molecule is CC(C)(C)OC(=O)N1CCC(O)(Cc2ccccc2)CC1.CO.Cl.OC1(Cc2ccccc2)CCNCC1. The maximum Gasteiger partial charge on any atom is 0.410 e. The van der Waals surface area contributed by atoms with Crippen molar-refractivity contribution < 1.29 is 24.9 Å². The number of piperidine rings is 2. The van der Waals surface area contributed by atoms with E-state index in [1.54, 1.807) is 4.90 Å². The number of likely N-dealkylation sites (tertiary alicyclic amines) is 1. The molecular weight excluding hydrogens is 504 g/mol. The highest BCUT2D eigenvalue weighted by molar-refractivity contribution is 5.85. The quantitative estimate of drug-likeness (QED) is 0.451. The van der Waals surface area contributed by atoms with Gasteiger partial charge in [-0.25, -0.2) is 4.79 Å². The molecule has 0 aliphatic carbocycles. The molecule has 0 saturated carbocycles. The summed E-state index contributed by atoms with van der Waals surface area (Å²) in [7, 11) is 1.00. The maximum absolute atomic E-state index is 12.0. The predicted molar refractivity (Wildman–Crippen MR) is 155 cm³/mol. The van der Waals surface area contributed by atoms with E-state index in [2.05, 4.69) is 17.4 Å². The highest BCUT2D eigenvalue weighted by Crippen LogP contribution is 2.27. The molecule has 2 aliphatic rings. The third-order valence-electron chi connectivity index (χ3n) is 6.63. The molecule has 38 heavy (non-hydrogen) atoms. The molecule has 2 fully saturated rings. The third-order valence-corrected chi connectivity index (χ3v) is 6.63. The summed E-state index contributed by atoms with van der Waals surface area (Å²) in [5.74, 6) is 0. The van der Waals surface area contributed by atoms with E-state index in [1.807, 2.05) is 69.3 Å². The Balaban J connectivity index is 0.000000370. The molecule has 0 unspecified atom stereocenters. The number of ether oxygens (including phenoxy) is 1. The summed E-state index contributed by atoms with van der Waals surface area (Å²) in [5, 5.41) is 31.2. The summed E-state index contributed by atoms with van der Waals surface area (Å²) in [4.78, 5) is 13.7. The molecule has 2 aliphatic heterocycles. The normalized spacial score (nSPS) is 17.9. The van der Waals surface area contributed by atoms with E-state index in [4.69, 9.17) is 9.84 Å². The largest absolute Gasteiger partial charge is 0.444 e. The summed E-state index contributed by atoms with van der Waals surface area (Å²) in [5.41, 5.74) is 0.684. The van der Waals surface area contributed by atoms with Crippen LogP contribution in [0.5, 0.6) is 0 Å². The Morgan fingerprint density at radius 1 is 0.816 bits per heavy atom. The molecule has 2 heterocycles. The number of nitrogens with zero attached hydrogens (tertiary/aromatic N) is 1. The lowest BCUT2D eigenvalue weighted by Gasteiger charge is -2.38. The second-order valence-electron chi connectivity index (χ2n) is 11.0. The molecule has 4 rings (SSSR count). The van der Waals surface area contributed by atoms with Crippen molar-refractivity contribution in [2.24, 2.45) is 0 Å². The third kappa shape index (κ3) is 12.1. The Bertz CT molecular complexity index is 907. The Morgan fingerprint density at radius 3 is 1.61 bits per heavy atom. The number of nitrogens with one attached hydrogen (secondary N) is 1. The van der Waals surface area contributed by atoms with Gasteiger partial charge in [-0.3, -0.25) is 0 Å². The van der Waals surface area contributed by atoms with E-state index in [-0.39, 0.29) is 18.5 Å². The van der Waals surface area contributed by atoms with Gasteiger partial charge in [0.25, 0.3) is 0 Å². The van der Waals surface area contributed by atoms with Crippen LogP contribution in [0.1, 0.15) is 57.6 Å². The van der Waals surface area contributed by atoms with Crippen LogP contribution in [0.2, 0.25) is 0 Å². The number of aliphatic hydroxyl groups excluding tert-OH is 1. The number of rotatable bonds is 4. The van der Waals surface area contributed by atoms with Gasteiger partial charge in [0.1, 0.15) is 5.60 Å². The van der Waals surface area contributed by atoms with Crippen molar-refractivity contribution in [1.29, 1.82) is 0 Å². The van der Waals surface area contributed by atoms with Crippen molar-refractivity contribution in [2.45, 2.75) is 76.1 Å². The lowest BCUT2D eigenvalue weighted by Crippen LogP contribution is -2.49. The van der Waals surface area contributed by atoms with Crippen molar-refractivity contribution in [3.63, 3.8) is 0 Å². The Hall–Kier alpha value is -2.16. The monoisotopic (exact) mass is 550 g/mol. The Labute approximate surface area is 234 Å². The zero-order chi connectivity index (χ0) is 27.4. The Morgan fingerprint density at radius 2 is 1.21 bits per heavy atom. The zero-order valence-electron chi connectivity index (χ0n) is 23.4. The summed E-state index contributed by atoms with van der Waals surface area (Å²) in [6.07, 6.45) is 4.03. The van der Waals surface area contributed by atoms with Crippen molar-refractivity contribution >= 4 is 18.5 Å².